The van der Waals surface area contributed by atoms with Crippen LogP contribution in [-0.2, 0) is 25.4 Å². The van der Waals surface area contributed by atoms with Crippen LogP contribution in [0.25, 0.3) is 0 Å². The van der Waals surface area contributed by atoms with Gasteiger partial charge in [-0.05, 0) is 64.1 Å². The van der Waals surface area contributed by atoms with Gasteiger partial charge in [0.15, 0.2) is 5.82 Å². The summed E-state index contributed by atoms with van der Waals surface area (Å²) in [6.07, 6.45) is 0.619. The van der Waals surface area contributed by atoms with Crippen LogP contribution in [0, 0.1) is 5.92 Å². The zero-order valence-corrected chi connectivity index (χ0v) is 36.1. The number of anilines is 3. The van der Waals surface area contributed by atoms with Gasteiger partial charge in [-0.15, -0.1) is 0 Å². The fraction of sp³-hybridized carbons (Fsp3) is 0.226. The Morgan fingerprint density at radius 2 is 1.12 bits per heavy atom. The van der Waals surface area contributed by atoms with E-state index in [2.05, 4.69) is 34.5 Å². The number of hydrogen-bond acceptors (Lipinski definition) is 10. The van der Waals surface area contributed by atoms with E-state index in [1.165, 1.54) is 6.92 Å². The van der Waals surface area contributed by atoms with Crippen LogP contribution in [0.4, 0.5) is 17.5 Å². The van der Waals surface area contributed by atoms with Gasteiger partial charge in [0.05, 0.1) is 27.5 Å². The standard InChI is InChI=1S/C53H51N5O6/c1-36(59)64-47-33-44(32-37(47)34-63-53(41-20-12-6-13-21-41,42-22-14-7-15-23-42)43-26-30-46(62-3)31-27-43)57-35-55-48-49(57)56-51(54)58(50(48)60)52(38-16-8-4-9-17-38,39-18-10-5-11-19-39)40-24-28-45(61-2)29-25-40/h4-31,37,44,47,55H,32-35H2,1-3H3,(H2,54,56)/t37-,44-,47-/m1/s1. The molecule has 3 atom stereocenters. The third-order valence-electron chi connectivity index (χ3n) is 12.7. The number of methoxy groups -OCH3 is 2. The molecule has 1 saturated carbocycles. The smallest absolute Gasteiger partial charge is 0.302 e. The molecule has 0 bridgehead atoms. The van der Waals surface area contributed by atoms with E-state index in [0.717, 1.165) is 39.1 Å². The van der Waals surface area contributed by atoms with Gasteiger partial charge in [-0.25, -0.2) is 0 Å². The highest BCUT2D eigenvalue weighted by molar-refractivity contribution is 5.73. The average Bonchev–Trinajstić information content (AvgIpc) is 3.95. The Bertz CT molecular complexity index is 2670. The fourth-order valence-corrected chi connectivity index (χ4v) is 9.83. The fourth-order valence-electron chi connectivity index (χ4n) is 9.83. The first-order chi connectivity index (χ1) is 31.3. The lowest BCUT2D eigenvalue weighted by molar-refractivity contribution is -0.149. The molecule has 2 heterocycles. The highest BCUT2D eigenvalue weighted by Gasteiger charge is 2.47. The molecule has 64 heavy (non-hydrogen) atoms. The molecule has 11 heteroatoms. The molecule has 1 aliphatic carbocycles. The molecule has 2 aliphatic rings. The van der Waals surface area contributed by atoms with Crippen molar-refractivity contribution < 1.29 is 23.7 Å². The van der Waals surface area contributed by atoms with E-state index in [0.29, 0.717) is 36.8 Å². The van der Waals surface area contributed by atoms with E-state index >= 15 is 4.79 Å². The van der Waals surface area contributed by atoms with Crippen LogP contribution in [0.2, 0.25) is 0 Å². The summed E-state index contributed by atoms with van der Waals surface area (Å²) >= 11 is 0. The lowest BCUT2D eigenvalue weighted by Gasteiger charge is -2.38. The number of carbonyl (C=O) groups excluding carboxylic acids is 1. The van der Waals surface area contributed by atoms with Gasteiger partial charge in [0.2, 0.25) is 5.95 Å². The van der Waals surface area contributed by atoms with Crippen molar-refractivity contribution in [1.29, 1.82) is 0 Å². The molecule has 0 spiro atoms. The van der Waals surface area contributed by atoms with Gasteiger partial charge in [-0.3, -0.25) is 14.2 Å². The number of carbonyl (C=O) groups is 1. The third-order valence-corrected chi connectivity index (χ3v) is 12.7. The van der Waals surface area contributed by atoms with Crippen molar-refractivity contribution in [3.05, 3.63) is 214 Å². The van der Waals surface area contributed by atoms with Crippen LogP contribution in [0.5, 0.6) is 11.5 Å². The van der Waals surface area contributed by atoms with E-state index in [-0.39, 0.29) is 36.0 Å². The molecule has 1 aliphatic heterocycles. The van der Waals surface area contributed by atoms with Crippen molar-refractivity contribution in [1.82, 2.24) is 9.55 Å². The lowest BCUT2D eigenvalue weighted by atomic mass is 9.76. The minimum absolute atomic E-state index is 0.0467. The Morgan fingerprint density at radius 1 is 0.672 bits per heavy atom. The monoisotopic (exact) mass is 853 g/mol. The summed E-state index contributed by atoms with van der Waals surface area (Å²) in [5.41, 5.74) is 10.2. The van der Waals surface area contributed by atoms with Crippen molar-refractivity contribution >= 4 is 23.4 Å². The number of aromatic nitrogens is 2. The molecule has 324 valence electrons. The van der Waals surface area contributed by atoms with Gasteiger partial charge >= 0.3 is 5.97 Å². The second-order valence-corrected chi connectivity index (χ2v) is 16.3. The molecule has 1 aromatic heterocycles. The molecular weight excluding hydrogens is 803 g/mol. The summed E-state index contributed by atoms with van der Waals surface area (Å²) in [5.74, 6) is 1.34. The Morgan fingerprint density at radius 3 is 1.61 bits per heavy atom. The minimum Gasteiger partial charge on any atom is -0.497 e. The number of nitrogens with one attached hydrogen (secondary N) is 1. The maximum atomic E-state index is 15.3. The van der Waals surface area contributed by atoms with E-state index in [9.17, 15) is 4.79 Å². The van der Waals surface area contributed by atoms with Crippen molar-refractivity contribution in [2.24, 2.45) is 5.92 Å². The normalized spacial score (nSPS) is 17.0. The average molecular weight is 854 g/mol. The van der Waals surface area contributed by atoms with Crippen LogP contribution in [-0.4, -0.2) is 55.2 Å². The van der Waals surface area contributed by atoms with Crippen molar-refractivity contribution in [2.45, 2.75) is 43.1 Å². The molecule has 9 rings (SSSR count). The summed E-state index contributed by atoms with van der Waals surface area (Å²) in [4.78, 5) is 35.2. The van der Waals surface area contributed by atoms with E-state index in [1.54, 1.807) is 18.8 Å². The van der Waals surface area contributed by atoms with Crippen LogP contribution in [0.15, 0.2) is 175 Å². The van der Waals surface area contributed by atoms with Crippen molar-refractivity contribution in [3.8, 4) is 11.5 Å². The molecule has 0 amide bonds. The SMILES string of the molecule is COc1ccc(C(OC[C@H]2C[C@@H](N3CNc4c3nc(N)n(C(c3ccccc3)(c3ccccc3)c3ccc(OC)cc3)c4=O)C[C@H]2OC(C)=O)(c2ccccc2)c2ccccc2)cc1. The number of esters is 1. The van der Waals surface area contributed by atoms with E-state index in [1.807, 2.05) is 146 Å². The first-order valence-corrected chi connectivity index (χ1v) is 21.5. The van der Waals surface area contributed by atoms with Crippen LogP contribution in [0.3, 0.4) is 0 Å². The molecule has 11 nitrogen and oxygen atoms in total. The number of ether oxygens (including phenoxy) is 4. The van der Waals surface area contributed by atoms with Gasteiger partial charge in [0.25, 0.3) is 5.56 Å². The van der Waals surface area contributed by atoms with Crippen LogP contribution >= 0.6 is 0 Å². The number of hydrogen-bond donors (Lipinski definition) is 2. The molecule has 7 aromatic rings. The lowest BCUT2D eigenvalue weighted by Crippen LogP contribution is -2.46. The van der Waals surface area contributed by atoms with Crippen LogP contribution in [0.1, 0.15) is 53.1 Å². The minimum atomic E-state index is -1.21. The topological polar surface area (TPSA) is 130 Å². The largest absolute Gasteiger partial charge is 0.497 e. The quantitative estimate of drug-likeness (QED) is 0.0811. The zero-order valence-electron chi connectivity index (χ0n) is 36.1. The summed E-state index contributed by atoms with van der Waals surface area (Å²) in [5, 5.41) is 3.41. The number of rotatable bonds is 14. The number of nitrogen functional groups attached to an aromatic ring is 1. The highest BCUT2D eigenvalue weighted by atomic mass is 16.5. The summed E-state index contributed by atoms with van der Waals surface area (Å²) in [7, 11) is 3.28. The third kappa shape index (κ3) is 7.41. The maximum Gasteiger partial charge on any atom is 0.302 e. The van der Waals surface area contributed by atoms with Crippen molar-refractivity contribution in [2.75, 3.05) is 43.4 Å². The van der Waals surface area contributed by atoms with E-state index < -0.39 is 17.2 Å². The Balaban J connectivity index is 1.10. The molecule has 3 N–H and O–H groups in total. The molecule has 6 aromatic carbocycles. The predicted octanol–water partition coefficient (Wildman–Crippen LogP) is 8.59. The number of nitrogens with two attached hydrogens (primary N) is 1. The maximum absolute atomic E-state index is 15.3. The molecule has 1 fully saturated rings. The van der Waals surface area contributed by atoms with Gasteiger partial charge in [0, 0.05) is 25.3 Å². The summed E-state index contributed by atoms with van der Waals surface area (Å²) in [6.45, 7) is 2.00. The number of fused-ring (bicyclic) bond motifs is 1. The molecule has 0 unspecified atom stereocenters. The van der Waals surface area contributed by atoms with Gasteiger partial charge in [-0.1, -0.05) is 146 Å². The predicted molar refractivity (Wildman–Crippen MR) is 249 cm³/mol. The van der Waals surface area contributed by atoms with Gasteiger partial charge in [0.1, 0.15) is 34.4 Å². The summed E-state index contributed by atoms with van der Waals surface area (Å²) in [6, 6.07) is 55.6. The Kier molecular flexibility index (Phi) is 11.7. The van der Waals surface area contributed by atoms with Crippen molar-refractivity contribution in [3.63, 3.8) is 0 Å². The Labute approximate surface area is 373 Å². The number of benzene rings is 6. The number of nitrogens with zero attached hydrogens (tertiary/aromatic N) is 3. The zero-order chi connectivity index (χ0) is 44.3. The first kappa shape index (κ1) is 42.0. The van der Waals surface area contributed by atoms with Crippen LogP contribution < -0.4 is 31.0 Å². The molecule has 0 radical (unpaired) electrons. The van der Waals surface area contributed by atoms with Gasteiger partial charge < -0.3 is 34.9 Å². The van der Waals surface area contributed by atoms with Gasteiger partial charge in [-0.2, -0.15) is 4.98 Å². The Hall–Kier alpha value is -7.37. The summed E-state index contributed by atoms with van der Waals surface area (Å²) < 4.78 is 26.1. The highest BCUT2D eigenvalue weighted by Crippen LogP contribution is 2.46. The molecule has 0 saturated heterocycles. The first-order valence-electron chi connectivity index (χ1n) is 21.5. The second kappa shape index (κ2) is 17.8. The van der Waals surface area contributed by atoms with E-state index in [4.69, 9.17) is 29.7 Å². The second-order valence-electron chi connectivity index (χ2n) is 16.3. The molecular formula is C53H51N5O6.